The Balaban J connectivity index is 0.914. The van der Waals surface area contributed by atoms with Crippen LogP contribution in [0.4, 0.5) is 4.79 Å². The van der Waals surface area contributed by atoms with Gasteiger partial charge in [-0.2, -0.15) is 10.1 Å². The van der Waals surface area contributed by atoms with E-state index in [2.05, 4.69) is 9.89 Å². The maximum absolute atomic E-state index is 12.0. The number of piperidine rings is 1. The number of ether oxygens (including phenoxy) is 3. The number of benzene rings is 3. The maximum Gasteiger partial charge on any atom is 0.435 e. The topological polar surface area (TPSA) is 162 Å². The predicted molar refractivity (Wildman–Crippen MR) is 190 cm³/mol. The van der Waals surface area contributed by atoms with Gasteiger partial charge in [0, 0.05) is 18.2 Å². The van der Waals surface area contributed by atoms with Gasteiger partial charge in [-0.05, 0) is 105 Å². The summed E-state index contributed by atoms with van der Waals surface area (Å²) in [4.78, 5) is 18.4. The summed E-state index contributed by atoms with van der Waals surface area (Å²) < 4.78 is 17.1. The normalized spacial score (nSPS) is 22.1. The van der Waals surface area contributed by atoms with Crippen LogP contribution in [-0.2, 0) is 17.0 Å². The highest BCUT2D eigenvalue weighted by molar-refractivity contribution is 6.02. The molecule has 0 aliphatic carbocycles. The third kappa shape index (κ3) is 9.80. The summed E-state index contributed by atoms with van der Waals surface area (Å²) >= 11 is 0. The molecule has 3 aromatic carbocycles. The highest BCUT2D eigenvalue weighted by Gasteiger charge is 2.64. The van der Waals surface area contributed by atoms with Crippen molar-refractivity contribution in [2.75, 3.05) is 32.8 Å². The molecule has 2 aliphatic heterocycles. The number of hydrogen-bond acceptors (Lipinski definition) is 9. The molecule has 1 amide bonds. The van der Waals surface area contributed by atoms with E-state index in [0.29, 0.717) is 18.8 Å². The minimum Gasteiger partial charge on any atom is -0.494 e. The van der Waals surface area contributed by atoms with E-state index >= 15 is 0 Å². The molecule has 3 aromatic rings. The average molecular weight is 673 g/mol. The lowest BCUT2D eigenvalue weighted by Crippen LogP contribution is -2.39. The molecule has 0 saturated carbocycles. The molecule has 0 spiro atoms. The van der Waals surface area contributed by atoms with Crippen molar-refractivity contribution in [1.82, 2.24) is 9.96 Å². The van der Waals surface area contributed by atoms with Gasteiger partial charge in [0.2, 0.25) is 0 Å². The van der Waals surface area contributed by atoms with Crippen LogP contribution in [0.3, 0.4) is 0 Å². The Morgan fingerprint density at radius 3 is 2.18 bits per heavy atom. The smallest absolute Gasteiger partial charge is 0.435 e. The van der Waals surface area contributed by atoms with Gasteiger partial charge in [-0.3, -0.25) is 0 Å². The Labute approximate surface area is 290 Å². The average Bonchev–Trinajstić information content (AvgIpc) is 3.68. The lowest BCUT2D eigenvalue weighted by atomic mass is 9.92. The second-order valence-electron chi connectivity index (χ2n) is 13.5. The third-order valence-corrected chi connectivity index (χ3v) is 9.66. The highest BCUT2D eigenvalue weighted by atomic mass is 16.5. The zero-order chi connectivity index (χ0) is 34.8. The first-order valence-electron chi connectivity index (χ1n) is 17.4. The Hall–Kier alpha value is -4.00. The van der Waals surface area contributed by atoms with Crippen LogP contribution in [0.15, 0.2) is 83.9 Å². The van der Waals surface area contributed by atoms with Crippen LogP contribution in [0.25, 0.3) is 0 Å². The summed E-state index contributed by atoms with van der Waals surface area (Å²) in [5.74, 6) is 2.61. The molecule has 7 N–H and O–H groups in total. The summed E-state index contributed by atoms with van der Waals surface area (Å²) in [6.45, 7) is 8.75. The van der Waals surface area contributed by atoms with Crippen LogP contribution in [0.1, 0.15) is 62.6 Å². The van der Waals surface area contributed by atoms with Crippen LogP contribution < -0.4 is 26.7 Å². The van der Waals surface area contributed by atoms with Crippen LogP contribution in [0, 0.1) is 11.8 Å². The monoisotopic (exact) mass is 672 g/mol. The molecule has 264 valence electrons. The molecule has 5 rings (SSSR count). The van der Waals surface area contributed by atoms with Crippen molar-refractivity contribution in [3.8, 4) is 11.5 Å². The zero-order valence-corrected chi connectivity index (χ0v) is 28.7. The van der Waals surface area contributed by atoms with E-state index in [1.54, 1.807) is 12.1 Å². The quantitative estimate of drug-likeness (QED) is 0.0686. The zero-order valence-electron chi connectivity index (χ0n) is 28.7. The lowest BCUT2D eigenvalue weighted by molar-refractivity contribution is -0.0190. The molecule has 49 heavy (non-hydrogen) atoms. The maximum atomic E-state index is 12.0. The number of amides is 1. The molecule has 2 fully saturated rings. The van der Waals surface area contributed by atoms with Crippen LogP contribution >= 0.6 is 0 Å². The fourth-order valence-electron chi connectivity index (χ4n) is 6.43. The predicted octanol–water partition coefficient (Wildman–Crippen LogP) is 5.24. The minimum atomic E-state index is -0.938. The number of hydrogen-bond donors (Lipinski definition) is 4. The first-order chi connectivity index (χ1) is 23.6. The van der Waals surface area contributed by atoms with E-state index < -0.39 is 11.8 Å². The van der Waals surface area contributed by atoms with Crippen molar-refractivity contribution in [2.24, 2.45) is 34.0 Å². The van der Waals surface area contributed by atoms with E-state index in [1.807, 2.05) is 80.6 Å². The molecule has 4 atom stereocenters. The van der Waals surface area contributed by atoms with Crippen molar-refractivity contribution in [1.29, 1.82) is 0 Å². The van der Waals surface area contributed by atoms with Gasteiger partial charge in [-0.1, -0.05) is 56.3 Å². The van der Waals surface area contributed by atoms with Gasteiger partial charge in [0.1, 0.15) is 29.6 Å². The van der Waals surface area contributed by atoms with Crippen molar-refractivity contribution < 1.29 is 24.2 Å². The third-order valence-electron chi connectivity index (χ3n) is 9.66. The second-order valence-corrected chi connectivity index (χ2v) is 13.5. The molecule has 2 saturated heterocycles. The molecule has 0 bridgehead atoms. The first-order valence-corrected chi connectivity index (χ1v) is 17.4. The number of nitrogens with two attached hydrogens (primary N) is 3. The first kappa shape index (κ1) is 36.3. The SMILES string of the molecule is CC(C)[C@H](N)C1N(O)C1(N)c1ccc(OCCCC2CCN(CCCOc3ccc(C(N)=NC(=O)OCc4ccccc4)cc3)CC2)cc1. The molecule has 11 heteroatoms. The number of carbonyl (C=O) groups is 1. The molecular weight excluding hydrogens is 620 g/mol. The Bertz CT molecular complexity index is 1500. The van der Waals surface area contributed by atoms with Gasteiger partial charge in [-0.25, -0.2) is 4.79 Å². The number of likely N-dealkylation sites (tertiary alicyclic amines) is 1. The molecule has 0 aromatic heterocycles. The van der Waals surface area contributed by atoms with E-state index in [4.69, 9.17) is 31.4 Å². The fourth-order valence-corrected chi connectivity index (χ4v) is 6.43. The van der Waals surface area contributed by atoms with E-state index in [1.165, 1.54) is 17.9 Å². The summed E-state index contributed by atoms with van der Waals surface area (Å²) in [5, 5.41) is 11.5. The van der Waals surface area contributed by atoms with Crippen molar-refractivity contribution in [3.05, 3.63) is 95.6 Å². The fraction of sp³-hybridized carbons (Fsp3) is 0.474. The standard InChI is InChI=1S/C38H52N6O5/c1-27(2)34(39)35-38(41,44(35)46)31-13-17-33(18-14-31)47-24-6-10-28-19-22-43(23-20-28)21-7-25-48-32-15-11-30(12-16-32)36(40)42-37(45)49-26-29-8-4-3-5-9-29/h3-5,8-9,11-18,27-28,34-35,46H,6-7,10,19-26,39,41H2,1-2H3,(H2,40,42,45)/t34-,35?,38?,44?/m0/s1. The highest BCUT2D eigenvalue weighted by Crippen LogP contribution is 2.46. The number of amidine groups is 1. The Kier molecular flexibility index (Phi) is 12.7. The number of hydroxylamine groups is 2. The summed E-state index contributed by atoms with van der Waals surface area (Å²) in [7, 11) is 0. The Morgan fingerprint density at radius 1 is 0.939 bits per heavy atom. The molecule has 3 unspecified atom stereocenters. The number of aliphatic imine (C=N–C) groups is 1. The lowest BCUT2D eigenvalue weighted by Gasteiger charge is -2.32. The van der Waals surface area contributed by atoms with Crippen molar-refractivity contribution in [3.63, 3.8) is 0 Å². The van der Waals surface area contributed by atoms with Crippen LogP contribution in [-0.4, -0.2) is 72.0 Å². The summed E-state index contributed by atoms with van der Waals surface area (Å²) in [5.41, 5.74) is 20.2. The van der Waals surface area contributed by atoms with Crippen LogP contribution in [0.2, 0.25) is 0 Å². The number of carbonyl (C=O) groups excluding carboxylic acids is 1. The Morgan fingerprint density at radius 2 is 1.55 bits per heavy atom. The summed E-state index contributed by atoms with van der Waals surface area (Å²) in [6.07, 6.45) is 4.81. The van der Waals surface area contributed by atoms with E-state index in [-0.39, 0.29) is 30.4 Å². The number of rotatable bonds is 16. The molecular formula is C38H52N6O5. The van der Waals surface area contributed by atoms with Gasteiger partial charge in [-0.15, -0.1) is 0 Å². The van der Waals surface area contributed by atoms with Gasteiger partial charge in [0.05, 0.1) is 19.3 Å². The number of nitrogens with zero attached hydrogens (tertiary/aromatic N) is 3. The second kappa shape index (κ2) is 17.1. The molecule has 11 nitrogen and oxygen atoms in total. The van der Waals surface area contributed by atoms with Gasteiger partial charge in [0.15, 0.2) is 0 Å². The van der Waals surface area contributed by atoms with Gasteiger partial charge in [0.25, 0.3) is 0 Å². The van der Waals surface area contributed by atoms with E-state index in [9.17, 15) is 10.0 Å². The van der Waals surface area contributed by atoms with Crippen LogP contribution in [0.5, 0.6) is 11.5 Å². The minimum absolute atomic E-state index is 0.103. The van der Waals surface area contributed by atoms with Gasteiger partial charge < -0.3 is 41.5 Å². The van der Waals surface area contributed by atoms with Gasteiger partial charge >= 0.3 is 6.09 Å². The van der Waals surface area contributed by atoms with E-state index in [0.717, 1.165) is 67.4 Å². The largest absolute Gasteiger partial charge is 0.494 e. The molecule has 0 radical (unpaired) electrons. The molecule has 2 heterocycles. The van der Waals surface area contributed by atoms with Crippen molar-refractivity contribution >= 4 is 11.9 Å². The molecule has 2 aliphatic rings. The van der Waals surface area contributed by atoms with Crippen molar-refractivity contribution in [2.45, 2.75) is 70.3 Å². The summed E-state index contributed by atoms with van der Waals surface area (Å²) in [6, 6.07) is 23.9.